The molecule has 0 amide bonds. The van der Waals surface area contributed by atoms with Crippen LogP contribution in [0.15, 0.2) is 46.9 Å². The minimum atomic E-state index is 0.735. The highest BCUT2D eigenvalue weighted by Crippen LogP contribution is 2.29. The van der Waals surface area contributed by atoms with E-state index in [9.17, 15) is 0 Å². The zero-order valence-corrected chi connectivity index (χ0v) is 17.5. The van der Waals surface area contributed by atoms with Gasteiger partial charge in [-0.1, -0.05) is 0 Å². The van der Waals surface area contributed by atoms with Crippen LogP contribution in [0.25, 0.3) is 11.4 Å². The second-order valence-electron chi connectivity index (χ2n) is 7.06. The number of hydrogen-bond acceptors (Lipinski definition) is 6. The van der Waals surface area contributed by atoms with Crippen molar-refractivity contribution in [2.75, 3.05) is 18.0 Å². The van der Waals surface area contributed by atoms with Gasteiger partial charge in [0.05, 0.1) is 23.3 Å². The second-order valence-corrected chi connectivity index (χ2v) is 7.06. The van der Waals surface area contributed by atoms with Gasteiger partial charge in [0.25, 0.3) is 0 Å². The van der Waals surface area contributed by atoms with Crippen molar-refractivity contribution in [3.05, 3.63) is 53.9 Å². The molecule has 3 heterocycles. The van der Waals surface area contributed by atoms with Crippen molar-refractivity contribution in [2.24, 2.45) is 10.1 Å². The number of anilines is 1. The quantitative estimate of drug-likeness (QED) is 0.659. The largest absolute Gasteiger partial charge is 0.372 e. The molecule has 0 N–H and O–H groups in total. The molecule has 0 fully saturated rings. The van der Waals surface area contributed by atoms with Gasteiger partial charge in [-0.2, -0.15) is 5.10 Å². The van der Waals surface area contributed by atoms with Crippen molar-refractivity contribution < 1.29 is 0 Å². The molecular weight excluding hydrogens is 362 g/mol. The summed E-state index contributed by atoms with van der Waals surface area (Å²) in [6, 6.07) is 6.39. The topological polar surface area (TPSA) is 71.6 Å². The SMILES string of the molecule is CCN(CC)c1ccc(N=C2C(C)=Nn3c2nc(-c2cnccn2)c3C)c(C)c1. The Morgan fingerprint density at radius 3 is 2.52 bits per heavy atom. The predicted octanol–water partition coefficient (Wildman–Crippen LogP) is 4.16. The van der Waals surface area contributed by atoms with E-state index < -0.39 is 0 Å². The van der Waals surface area contributed by atoms with Crippen LogP contribution in [0.1, 0.15) is 37.9 Å². The summed E-state index contributed by atoms with van der Waals surface area (Å²) in [6.45, 7) is 12.4. The molecule has 1 aromatic carbocycles. The Bertz CT molecular complexity index is 1110. The van der Waals surface area contributed by atoms with Crippen LogP contribution < -0.4 is 4.90 Å². The molecule has 7 nitrogen and oxygen atoms in total. The summed E-state index contributed by atoms with van der Waals surface area (Å²) in [4.78, 5) is 20.6. The number of imidazole rings is 1. The van der Waals surface area contributed by atoms with E-state index in [1.54, 1.807) is 18.6 Å². The van der Waals surface area contributed by atoms with E-state index in [2.05, 4.69) is 58.9 Å². The smallest absolute Gasteiger partial charge is 0.182 e. The monoisotopic (exact) mass is 387 g/mol. The Morgan fingerprint density at radius 1 is 1.07 bits per heavy atom. The summed E-state index contributed by atoms with van der Waals surface area (Å²) in [5, 5.41) is 4.66. The fourth-order valence-electron chi connectivity index (χ4n) is 3.59. The van der Waals surface area contributed by atoms with E-state index in [1.165, 1.54) is 5.69 Å². The van der Waals surface area contributed by atoms with Gasteiger partial charge in [0.15, 0.2) is 5.82 Å². The number of hydrogen-bond donors (Lipinski definition) is 0. The number of fused-ring (bicyclic) bond motifs is 1. The van der Waals surface area contributed by atoms with Gasteiger partial charge in [0, 0.05) is 31.2 Å². The number of aliphatic imine (C=N–C) groups is 1. The standard InChI is InChI=1S/C22H25N7/c1-6-28(7-2)17-8-9-18(14(3)12-17)25-20-15(4)27-29-16(5)21(26-22(20)29)19-13-23-10-11-24-19/h8-13H,6-7H2,1-5H3. The Labute approximate surface area is 170 Å². The van der Waals surface area contributed by atoms with Gasteiger partial charge >= 0.3 is 0 Å². The van der Waals surface area contributed by atoms with E-state index in [1.807, 2.05) is 18.5 Å². The molecule has 29 heavy (non-hydrogen) atoms. The molecule has 0 spiro atoms. The van der Waals surface area contributed by atoms with E-state index in [4.69, 9.17) is 9.98 Å². The highest BCUT2D eigenvalue weighted by Gasteiger charge is 2.27. The summed E-state index contributed by atoms with van der Waals surface area (Å²) in [5.41, 5.74) is 7.38. The molecule has 7 heteroatoms. The van der Waals surface area contributed by atoms with Crippen LogP contribution in [-0.2, 0) is 0 Å². The summed E-state index contributed by atoms with van der Waals surface area (Å²) < 4.78 is 1.85. The van der Waals surface area contributed by atoms with Crippen LogP contribution >= 0.6 is 0 Å². The first-order valence-corrected chi connectivity index (χ1v) is 9.89. The van der Waals surface area contributed by atoms with E-state index in [0.29, 0.717) is 0 Å². The van der Waals surface area contributed by atoms with Gasteiger partial charge in [-0.25, -0.2) is 14.7 Å². The molecule has 0 aliphatic carbocycles. The lowest BCUT2D eigenvalue weighted by Gasteiger charge is -2.21. The van der Waals surface area contributed by atoms with Crippen molar-refractivity contribution in [3.63, 3.8) is 0 Å². The molecule has 1 aliphatic heterocycles. The summed E-state index contributed by atoms with van der Waals surface area (Å²) in [5.74, 6) is 0.743. The van der Waals surface area contributed by atoms with Crippen LogP contribution in [0.5, 0.6) is 0 Å². The Balaban J connectivity index is 1.75. The Kier molecular flexibility index (Phi) is 4.96. The molecule has 0 saturated carbocycles. The highest BCUT2D eigenvalue weighted by molar-refractivity contribution is 6.48. The fourth-order valence-corrected chi connectivity index (χ4v) is 3.59. The van der Waals surface area contributed by atoms with E-state index in [-0.39, 0.29) is 0 Å². The number of benzene rings is 1. The van der Waals surface area contributed by atoms with Crippen molar-refractivity contribution >= 4 is 22.8 Å². The van der Waals surface area contributed by atoms with Gasteiger partial charge in [0.1, 0.15) is 17.1 Å². The normalized spacial score (nSPS) is 14.2. The number of rotatable bonds is 5. The van der Waals surface area contributed by atoms with Gasteiger partial charge < -0.3 is 4.90 Å². The van der Waals surface area contributed by atoms with Crippen LogP contribution in [-0.4, -0.2) is 44.1 Å². The lowest BCUT2D eigenvalue weighted by atomic mass is 10.1. The summed E-state index contributed by atoms with van der Waals surface area (Å²) in [7, 11) is 0. The number of nitrogens with zero attached hydrogens (tertiary/aromatic N) is 7. The van der Waals surface area contributed by atoms with Crippen LogP contribution in [0.2, 0.25) is 0 Å². The maximum absolute atomic E-state index is 4.93. The molecule has 0 atom stereocenters. The first-order chi connectivity index (χ1) is 14.0. The molecule has 1 aliphatic rings. The second kappa shape index (κ2) is 7.58. The first-order valence-electron chi connectivity index (χ1n) is 9.89. The third-order valence-electron chi connectivity index (χ3n) is 5.23. The van der Waals surface area contributed by atoms with Crippen LogP contribution in [0, 0.1) is 13.8 Å². The lowest BCUT2D eigenvalue weighted by molar-refractivity contribution is 0.847. The molecule has 4 rings (SSSR count). The third kappa shape index (κ3) is 3.33. The highest BCUT2D eigenvalue weighted by atomic mass is 15.4. The lowest BCUT2D eigenvalue weighted by Crippen LogP contribution is -2.21. The first kappa shape index (κ1) is 19.0. The molecule has 3 aromatic rings. The van der Waals surface area contributed by atoms with Crippen LogP contribution in [0.4, 0.5) is 11.4 Å². The maximum Gasteiger partial charge on any atom is 0.182 e. The molecule has 0 bridgehead atoms. The van der Waals surface area contributed by atoms with Gasteiger partial charge in [-0.15, -0.1) is 0 Å². The van der Waals surface area contributed by atoms with Gasteiger partial charge in [-0.05, 0) is 58.4 Å². The average molecular weight is 387 g/mol. The molecule has 0 radical (unpaired) electrons. The minimum Gasteiger partial charge on any atom is -0.372 e. The van der Waals surface area contributed by atoms with E-state index in [0.717, 1.165) is 58.7 Å². The minimum absolute atomic E-state index is 0.735. The van der Waals surface area contributed by atoms with Crippen molar-refractivity contribution in [2.45, 2.75) is 34.6 Å². The number of aromatic nitrogens is 4. The third-order valence-corrected chi connectivity index (χ3v) is 5.23. The molecule has 0 saturated heterocycles. The molecule has 148 valence electrons. The van der Waals surface area contributed by atoms with Crippen molar-refractivity contribution in [1.29, 1.82) is 0 Å². The average Bonchev–Trinajstić information content (AvgIpc) is 3.21. The van der Waals surface area contributed by atoms with Gasteiger partial charge in [-0.3, -0.25) is 9.97 Å². The van der Waals surface area contributed by atoms with E-state index >= 15 is 0 Å². The summed E-state index contributed by atoms with van der Waals surface area (Å²) in [6.07, 6.45) is 5.04. The zero-order chi connectivity index (χ0) is 20.5. The van der Waals surface area contributed by atoms with Crippen molar-refractivity contribution in [3.8, 4) is 11.4 Å². The molecular formula is C22H25N7. The molecule has 2 aromatic heterocycles. The predicted molar refractivity (Wildman–Crippen MR) is 117 cm³/mol. The Hall–Kier alpha value is -3.35. The molecule has 0 unspecified atom stereocenters. The van der Waals surface area contributed by atoms with Crippen LogP contribution in [0.3, 0.4) is 0 Å². The van der Waals surface area contributed by atoms with Gasteiger partial charge in [0.2, 0.25) is 0 Å². The maximum atomic E-state index is 4.93. The zero-order valence-electron chi connectivity index (χ0n) is 17.5. The Morgan fingerprint density at radius 2 is 1.86 bits per heavy atom. The fraction of sp³-hybridized carbons (Fsp3) is 0.318. The van der Waals surface area contributed by atoms with Crippen molar-refractivity contribution in [1.82, 2.24) is 19.6 Å². The summed E-state index contributed by atoms with van der Waals surface area (Å²) >= 11 is 0. The number of aryl methyl sites for hydroxylation is 1.